The molecule has 0 spiro atoms. The average molecular weight is 366 g/mol. The molecule has 142 valence electrons. The second kappa shape index (κ2) is 8.25. The second-order valence-electron chi connectivity index (χ2n) is 6.86. The van der Waals surface area contributed by atoms with Crippen molar-refractivity contribution >= 4 is 17.5 Å². The molecule has 5 nitrogen and oxygen atoms in total. The molecule has 0 bridgehead atoms. The molecule has 2 aromatic rings. The number of hydrogen-bond donors (Lipinski definition) is 1. The Morgan fingerprint density at radius 3 is 2.52 bits per heavy atom. The van der Waals surface area contributed by atoms with Crippen LogP contribution in [0.25, 0.3) is 0 Å². The van der Waals surface area contributed by atoms with E-state index in [4.69, 9.17) is 4.74 Å². The summed E-state index contributed by atoms with van der Waals surface area (Å²) in [4.78, 5) is 26.3. The van der Waals surface area contributed by atoms with Crippen molar-refractivity contribution in [3.05, 3.63) is 59.2 Å². The van der Waals surface area contributed by atoms with Crippen LogP contribution < -0.4 is 15.0 Å². The summed E-state index contributed by atoms with van der Waals surface area (Å²) in [7, 11) is 1.65. The van der Waals surface area contributed by atoms with Crippen molar-refractivity contribution in [2.45, 2.75) is 39.2 Å². The van der Waals surface area contributed by atoms with Crippen LogP contribution in [0.1, 0.15) is 53.7 Å². The van der Waals surface area contributed by atoms with Gasteiger partial charge in [-0.25, -0.2) is 0 Å². The van der Waals surface area contributed by atoms with Crippen LogP contribution in [0.15, 0.2) is 42.5 Å². The molecule has 1 saturated heterocycles. The van der Waals surface area contributed by atoms with Crippen LogP contribution in [0.4, 0.5) is 5.69 Å². The molecular formula is C22H26N2O3. The maximum Gasteiger partial charge on any atom is 0.251 e. The van der Waals surface area contributed by atoms with Gasteiger partial charge in [-0.1, -0.05) is 19.1 Å². The Balaban J connectivity index is 1.71. The summed E-state index contributed by atoms with van der Waals surface area (Å²) < 4.78 is 5.31. The summed E-state index contributed by atoms with van der Waals surface area (Å²) >= 11 is 0. The molecule has 2 aromatic carbocycles. The number of ether oxygens (including phenoxy) is 1. The fraction of sp³-hybridized carbons (Fsp3) is 0.364. The molecular weight excluding hydrogens is 340 g/mol. The molecule has 1 fully saturated rings. The minimum atomic E-state index is -0.116. The van der Waals surface area contributed by atoms with E-state index in [1.807, 2.05) is 38.1 Å². The predicted molar refractivity (Wildman–Crippen MR) is 106 cm³/mol. The van der Waals surface area contributed by atoms with Crippen LogP contribution in [-0.4, -0.2) is 25.5 Å². The third-order valence-electron chi connectivity index (χ3n) is 5.05. The van der Waals surface area contributed by atoms with E-state index in [0.717, 1.165) is 42.0 Å². The van der Waals surface area contributed by atoms with Crippen molar-refractivity contribution in [3.63, 3.8) is 0 Å². The van der Waals surface area contributed by atoms with E-state index in [2.05, 4.69) is 11.4 Å². The molecule has 1 heterocycles. The highest BCUT2D eigenvalue weighted by molar-refractivity contribution is 5.97. The number of rotatable bonds is 6. The highest BCUT2D eigenvalue weighted by atomic mass is 16.5. The summed E-state index contributed by atoms with van der Waals surface area (Å²) in [5.41, 5.74) is 3.55. The molecule has 3 rings (SSSR count). The van der Waals surface area contributed by atoms with Gasteiger partial charge in [0.25, 0.3) is 5.91 Å². The zero-order chi connectivity index (χ0) is 19.4. The van der Waals surface area contributed by atoms with Crippen molar-refractivity contribution in [2.75, 3.05) is 18.6 Å². The normalized spacial score (nSPS) is 14.9. The summed E-state index contributed by atoms with van der Waals surface area (Å²) in [5, 5.41) is 3.10. The van der Waals surface area contributed by atoms with E-state index in [0.29, 0.717) is 12.0 Å². The first-order valence-electron chi connectivity index (χ1n) is 9.39. The molecule has 0 aliphatic carbocycles. The van der Waals surface area contributed by atoms with E-state index >= 15 is 0 Å². The van der Waals surface area contributed by atoms with Crippen molar-refractivity contribution in [3.8, 4) is 5.75 Å². The summed E-state index contributed by atoms with van der Waals surface area (Å²) in [6, 6.07) is 13.2. The number of hydrogen-bond acceptors (Lipinski definition) is 3. The minimum Gasteiger partial charge on any atom is -0.496 e. The molecule has 5 heteroatoms. The van der Waals surface area contributed by atoms with E-state index in [1.54, 1.807) is 24.1 Å². The third-order valence-corrected chi connectivity index (χ3v) is 5.05. The van der Waals surface area contributed by atoms with E-state index in [-0.39, 0.29) is 17.9 Å². The zero-order valence-corrected chi connectivity index (χ0v) is 16.1. The molecule has 0 unspecified atom stereocenters. The van der Waals surface area contributed by atoms with Gasteiger partial charge in [0.15, 0.2) is 0 Å². The minimum absolute atomic E-state index is 0.0676. The number of nitrogens with one attached hydrogen (secondary N) is 1. The molecule has 1 aliphatic rings. The summed E-state index contributed by atoms with van der Waals surface area (Å²) in [5.74, 6) is 0.870. The SMILES string of the molecule is CC[C@H](NC(=O)c1ccc(N2CCCC2=O)cc1)c1ccc(OC)c(C)c1. The van der Waals surface area contributed by atoms with Crippen LogP contribution in [0.3, 0.4) is 0 Å². The third kappa shape index (κ3) is 4.13. The number of nitrogens with zero attached hydrogens (tertiary/aromatic N) is 1. The lowest BCUT2D eigenvalue weighted by molar-refractivity contribution is -0.117. The lowest BCUT2D eigenvalue weighted by Crippen LogP contribution is -2.28. The average Bonchev–Trinajstić information content (AvgIpc) is 3.12. The highest BCUT2D eigenvalue weighted by Crippen LogP contribution is 2.25. The van der Waals surface area contributed by atoms with Crippen LogP contribution in [0.2, 0.25) is 0 Å². The molecule has 1 N–H and O–H groups in total. The summed E-state index contributed by atoms with van der Waals surface area (Å²) in [6.45, 7) is 4.79. The number of methoxy groups -OCH3 is 1. The van der Waals surface area contributed by atoms with Gasteiger partial charge in [-0.15, -0.1) is 0 Å². The van der Waals surface area contributed by atoms with Crippen molar-refractivity contribution in [1.82, 2.24) is 5.32 Å². The first-order valence-corrected chi connectivity index (χ1v) is 9.39. The Morgan fingerprint density at radius 1 is 1.22 bits per heavy atom. The Labute approximate surface area is 160 Å². The van der Waals surface area contributed by atoms with Crippen molar-refractivity contribution in [2.24, 2.45) is 0 Å². The van der Waals surface area contributed by atoms with Crippen LogP contribution in [0, 0.1) is 6.92 Å². The van der Waals surface area contributed by atoms with Gasteiger partial charge in [0.2, 0.25) is 5.91 Å². The fourth-order valence-corrected chi connectivity index (χ4v) is 3.49. The Kier molecular flexibility index (Phi) is 5.79. The van der Waals surface area contributed by atoms with Crippen molar-refractivity contribution < 1.29 is 14.3 Å². The predicted octanol–water partition coefficient (Wildman–Crippen LogP) is 4.01. The molecule has 0 aromatic heterocycles. The van der Waals surface area contributed by atoms with Gasteiger partial charge in [0.05, 0.1) is 13.2 Å². The molecule has 1 atom stereocenters. The molecule has 0 saturated carbocycles. The second-order valence-corrected chi connectivity index (χ2v) is 6.86. The number of carbonyl (C=O) groups excluding carboxylic acids is 2. The smallest absolute Gasteiger partial charge is 0.251 e. The lowest BCUT2D eigenvalue weighted by atomic mass is 10.0. The standard InChI is InChI=1S/C22H26N2O3/c1-4-19(17-9-12-20(27-3)15(2)14-17)23-22(26)16-7-10-18(11-8-16)24-13-5-6-21(24)25/h7-12,14,19H,4-6,13H2,1-3H3,(H,23,26)/t19-/m0/s1. The molecule has 27 heavy (non-hydrogen) atoms. The van der Waals surface area contributed by atoms with E-state index in [9.17, 15) is 9.59 Å². The number of benzene rings is 2. The zero-order valence-electron chi connectivity index (χ0n) is 16.1. The molecule has 0 radical (unpaired) electrons. The van der Waals surface area contributed by atoms with Gasteiger partial charge >= 0.3 is 0 Å². The van der Waals surface area contributed by atoms with Crippen LogP contribution in [-0.2, 0) is 4.79 Å². The first-order chi connectivity index (χ1) is 13.0. The van der Waals surface area contributed by atoms with Crippen LogP contribution in [0.5, 0.6) is 5.75 Å². The van der Waals surface area contributed by atoms with Gasteiger partial charge in [-0.3, -0.25) is 9.59 Å². The fourth-order valence-electron chi connectivity index (χ4n) is 3.49. The van der Waals surface area contributed by atoms with Gasteiger partial charge in [-0.2, -0.15) is 0 Å². The van der Waals surface area contributed by atoms with E-state index < -0.39 is 0 Å². The van der Waals surface area contributed by atoms with Crippen LogP contribution >= 0.6 is 0 Å². The van der Waals surface area contributed by atoms with Crippen molar-refractivity contribution in [1.29, 1.82) is 0 Å². The topological polar surface area (TPSA) is 58.6 Å². The Hall–Kier alpha value is -2.82. The monoisotopic (exact) mass is 366 g/mol. The number of aryl methyl sites for hydroxylation is 1. The Morgan fingerprint density at radius 2 is 1.96 bits per heavy atom. The van der Waals surface area contributed by atoms with E-state index in [1.165, 1.54) is 0 Å². The molecule has 2 amide bonds. The highest BCUT2D eigenvalue weighted by Gasteiger charge is 2.22. The maximum absolute atomic E-state index is 12.7. The number of carbonyl (C=O) groups is 2. The largest absolute Gasteiger partial charge is 0.496 e. The Bertz CT molecular complexity index is 830. The molecule has 1 aliphatic heterocycles. The number of amides is 2. The quantitative estimate of drug-likeness (QED) is 0.840. The van der Waals surface area contributed by atoms with Gasteiger partial charge < -0.3 is 15.0 Å². The lowest BCUT2D eigenvalue weighted by Gasteiger charge is -2.19. The number of anilines is 1. The summed E-state index contributed by atoms with van der Waals surface area (Å²) in [6.07, 6.45) is 2.28. The van der Waals surface area contributed by atoms with Gasteiger partial charge in [0, 0.05) is 24.2 Å². The maximum atomic E-state index is 12.7. The first kappa shape index (κ1) is 19.0. The van der Waals surface area contributed by atoms with Gasteiger partial charge in [0.1, 0.15) is 5.75 Å². The van der Waals surface area contributed by atoms with Gasteiger partial charge in [-0.05, 0) is 61.2 Å².